The molecule has 0 aromatic heterocycles. The average Bonchev–Trinajstić information content (AvgIpc) is 2.29. The van der Waals surface area contributed by atoms with Crippen molar-refractivity contribution in [3.8, 4) is 11.8 Å². The molecule has 0 heterocycles. The lowest BCUT2D eigenvalue weighted by Gasteiger charge is -2.19. The molecule has 0 spiro atoms. The van der Waals surface area contributed by atoms with Gasteiger partial charge in [-0.3, -0.25) is 0 Å². The zero-order valence-corrected chi connectivity index (χ0v) is 9.61. The van der Waals surface area contributed by atoms with Crippen molar-refractivity contribution in [3.05, 3.63) is 29.8 Å². The molecule has 6 heteroatoms. The van der Waals surface area contributed by atoms with E-state index in [1.807, 2.05) is 6.07 Å². The van der Waals surface area contributed by atoms with E-state index < -0.39 is 24.1 Å². The Bertz CT molecular complexity index is 440. The molecule has 0 aliphatic rings. The van der Waals surface area contributed by atoms with Crippen LogP contribution < -0.4 is 4.74 Å². The Morgan fingerprint density at radius 1 is 1.39 bits per heavy atom. The predicted octanol–water partition coefficient (Wildman–Crippen LogP) is 3.17. The average molecular weight is 259 g/mol. The Morgan fingerprint density at radius 2 is 2.00 bits per heavy atom. The highest BCUT2D eigenvalue weighted by Crippen LogP contribution is 2.34. The lowest BCUT2D eigenvalue weighted by molar-refractivity contribution is -0.275. The van der Waals surface area contributed by atoms with Gasteiger partial charge < -0.3 is 9.84 Å². The normalized spacial score (nSPS) is 14.7. The number of rotatable bonds is 4. The quantitative estimate of drug-likeness (QED) is 0.903. The fraction of sp³-hybridized carbons (Fsp3) is 0.417. The number of para-hydroxylation sites is 1. The molecular weight excluding hydrogens is 247 g/mol. The number of benzene rings is 1. The summed E-state index contributed by atoms with van der Waals surface area (Å²) in [5.74, 6) is -1.26. The third-order valence-electron chi connectivity index (χ3n) is 2.45. The van der Waals surface area contributed by atoms with Gasteiger partial charge in [0.05, 0.1) is 18.1 Å². The van der Waals surface area contributed by atoms with E-state index in [1.54, 1.807) is 6.92 Å². The highest BCUT2D eigenvalue weighted by molar-refractivity contribution is 5.36. The molecule has 0 aliphatic carbocycles. The summed E-state index contributed by atoms with van der Waals surface area (Å²) >= 11 is 0. The first-order valence-corrected chi connectivity index (χ1v) is 5.31. The van der Waals surface area contributed by atoms with Gasteiger partial charge >= 0.3 is 6.36 Å². The first kappa shape index (κ1) is 14.3. The summed E-state index contributed by atoms with van der Waals surface area (Å²) in [5, 5.41) is 18.7. The van der Waals surface area contributed by atoms with Crippen LogP contribution in [0.25, 0.3) is 0 Å². The molecular formula is C12H12F3NO2. The highest BCUT2D eigenvalue weighted by atomic mass is 19.4. The lowest BCUT2D eigenvalue weighted by atomic mass is 9.94. The van der Waals surface area contributed by atoms with Crippen molar-refractivity contribution in [1.29, 1.82) is 5.26 Å². The molecule has 0 aliphatic heterocycles. The van der Waals surface area contributed by atoms with E-state index >= 15 is 0 Å². The molecule has 0 saturated carbocycles. The van der Waals surface area contributed by atoms with Crippen molar-refractivity contribution in [1.82, 2.24) is 0 Å². The van der Waals surface area contributed by atoms with Crippen molar-refractivity contribution in [3.63, 3.8) is 0 Å². The van der Waals surface area contributed by atoms with Gasteiger partial charge in [-0.1, -0.05) is 25.1 Å². The first-order chi connectivity index (χ1) is 8.39. The summed E-state index contributed by atoms with van der Waals surface area (Å²) in [6, 6.07) is 7.12. The second kappa shape index (κ2) is 5.74. The van der Waals surface area contributed by atoms with E-state index in [4.69, 9.17) is 5.26 Å². The number of alkyl halides is 3. The van der Waals surface area contributed by atoms with E-state index in [2.05, 4.69) is 4.74 Å². The van der Waals surface area contributed by atoms with Gasteiger partial charge in [0.15, 0.2) is 0 Å². The maximum atomic E-state index is 12.2. The van der Waals surface area contributed by atoms with E-state index in [9.17, 15) is 18.3 Å². The van der Waals surface area contributed by atoms with Crippen LogP contribution >= 0.6 is 0 Å². The van der Waals surface area contributed by atoms with Gasteiger partial charge in [0.25, 0.3) is 0 Å². The number of nitrogens with zero attached hydrogens (tertiary/aromatic N) is 1. The summed E-state index contributed by atoms with van der Waals surface area (Å²) in [5.41, 5.74) is -0.0387. The van der Waals surface area contributed by atoms with Gasteiger partial charge in [-0.05, 0) is 12.5 Å². The van der Waals surface area contributed by atoms with Gasteiger partial charge in [0.1, 0.15) is 5.75 Å². The van der Waals surface area contributed by atoms with E-state index in [-0.39, 0.29) is 5.56 Å². The summed E-state index contributed by atoms with van der Waals surface area (Å²) in [6.07, 6.45) is -5.80. The first-order valence-electron chi connectivity index (χ1n) is 5.31. The van der Waals surface area contributed by atoms with Crippen LogP contribution in [-0.4, -0.2) is 11.5 Å². The van der Waals surface area contributed by atoms with Crippen molar-refractivity contribution >= 4 is 0 Å². The molecule has 18 heavy (non-hydrogen) atoms. The largest absolute Gasteiger partial charge is 0.573 e. The number of ether oxygens (including phenoxy) is 1. The molecule has 98 valence electrons. The van der Waals surface area contributed by atoms with Crippen LogP contribution in [0.1, 0.15) is 25.0 Å². The van der Waals surface area contributed by atoms with Crippen LogP contribution in [0.5, 0.6) is 5.75 Å². The molecule has 1 rings (SSSR count). The SMILES string of the molecule is CCC(C#N)C(O)c1ccccc1OC(F)(F)F. The van der Waals surface area contributed by atoms with Gasteiger partial charge in [-0.2, -0.15) is 5.26 Å². The fourth-order valence-corrected chi connectivity index (χ4v) is 1.54. The van der Waals surface area contributed by atoms with Crippen LogP contribution in [0.4, 0.5) is 13.2 Å². The topological polar surface area (TPSA) is 53.2 Å². The minimum Gasteiger partial charge on any atom is -0.405 e. The van der Waals surface area contributed by atoms with Crippen molar-refractivity contribution in [2.24, 2.45) is 5.92 Å². The van der Waals surface area contributed by atoms with Gasteiger partial charge in [-0.15, -0.1) is 13.2 Å². The molecule has 1 aromatic carbocycles. The predicted molar refractivity (Wildman–Crippen MR) is 57.5 cm³/mol. The van der Waals surface area contributed by atoms with Crippen molar-refractivity contribution < 1.29 is 23.0 Å². The zero-order valence-electron chi connectivity index (χ0n) is 9.61. The third-order valence-corrected chi connectivity index (χ3v) is 2.45. The Labute approximate surface area is 102 Å². The van der Waals surface area contributed by atoms with Crippen molar-refractivity contribution in [2.45, 2.75) is 25.8 Å². The lowest BCUT2D eigenvalue weighted by Crippen LogP contribution is -2.20. The van der Waals surface area contributed by atoms with Crippen LogP contribution in [0.2, 0.25) is 0 Å². The molecule has 0 bridgehead atoms. The number of hydrogen-bond donors (Lipinski definition) is 1. The zero-order chi connectivity index (χ0) is 13.8. The maximum absolute atomic E-state index is 12.2. The van der Waals surface area contributed by atoms with Gasteiger partial charge in [-0.25, -0.2) is 0 Å². The van der Waals surface area contributed by atoms with E-state index in [0.29, 0.717) is 6.42 Å². The monoisotopic (exact) mass is 259 g/mol. The second-order valence-electron chi connectivity index (χ2n) is 3.67. The van der Waals surface area contributed by atoms with Gasteiger partial charge in [0.2, 0.25) is 0 Å². The van der Waals surface area contributed by atoms with Crippen LogP contribution in [0, 0.1) is 17.2 Å². The Kier molecular flexibility index (Phi) is 4.56. The standard InChI is InChI=1S/C12H12F3NO2/c1-2-8(7-16)11(17)9-5-3-4-6-10(9)18-12(13,14)15/h3-6,8,11,17H,2H2,1H3. The third kappa shape index (κ3) is 3.64. The smallest absolute Gasteiger partial charge is 0.405 e. The van der Waals surface area contributed by atoms with Crippen molar-refractivity contribution in [2.75, 3.05) is 0 Å². The number of hydrogen-bond acceptors (Lipinski definition) is 3. The molecule has 0 radical (unpaired) electrons. The maximum Gasteiger partial charge on any atom is 0.573 e. The van der Waals surface area contributed by atoms with Gasteiger partial charge in [0, 0.05) is 5.56 Å². The summed E-state index contributed by atoms with van der Waals surface area (Å²) in [4.78, 5) is 0. The minimum absolute atomic E-state index is 0.0387. The molecule has 3 nitrogen and oxygen atoms in total. The molecule has 0 amide bonds. The molecule has 0 saturated heterocycles. The van der Waals surface area contributed by atoms with E-state index in [0.717, 1.165) is 6.07 Å². The fourth-order valence-electron chi connectivity index (χ4n) is 1.54. The molecule has 0 fully saturated rings. The molecule has 1 N–H and O–H groups in total. The van der Waals surface area contributed by atoms with Crippen LogP contribution in [0.15, 0.2) is 24.3 Å². The Hall–Kier alpha value is -1.74. The Balaban J connectivity index is 3.06. The molecule has 1 aromatic rings. The van der Waals surface area contributed by atoms with E-state index in [1.165, 1.54) is 18.2 Å². The highest BCUT2D eigenvalue weighted by Gasteiger charge is 2.33. The summed E-state index contributed by atoms with van der Waals surface area (Å²) in [6.45, 7) is 1.67. The number of halogens is 3. The summed E-state index contributed by atoms with van der Waals surface area (Å²) < 4.78 is 40.4. The molecule has 2 atom stereocenters. The minimum atomic E-state index is -4.83. The summed E-state index contributed by atoms with van der Waals surface area (Å²) in [7, 11) is 0. The second-order valence-corrected chi connectivity index (χ2v) is 3.67. The number of nitriles is 1. The Morgan fingerprint density at radius 3 is 2.50 bits per heavy atom. The number of aliphatic hydroxyl groups is 1. The number of aliphatic hydroxyl groups excluding tert-OH is 1. The van der Waals surface area contributed by atoms with Crippen LogP contribution in [0.3, 0.4) is 0 Å². The van der Waals surface area contributed by atoms with Crippen LogP contribution in [-0.2, 0) is 0 Å². The molecule has 2 unspecified atom stereocenters.